The fourth-order valence-electron chi connectivity index (χ4n) is 2.13. The molecule has 0 spiro atoms. The monoisotopic (exact) mass is 276 g/mol. The third-order valence-electron chi connectivity index (χ3n) is 3.36. The first-order valence-electron chi connectivity index (χ1n) is 7.76. The lowest BCUT2D eigenvalue weighted by Gasteiger charge is -2.13. The Morgan fingerprint density at radius 3 is 2.65 bits per heavy atom. The molecule has 1 aromatic rings. The van der Waals surface area contributed by atoms with E-state index in [1.165, 1.54) is 18.4 Å². The van der Waals surface area contributed by atoms with E-state index in [0.29, 0.717) is 12.5 Å². The normalized spacial score (nSPS) is 12.1. The average molecular weight is 276 g/mol. The standard InChI is InChI=1S/C17H28N2O/c1-3-4-8-15(2)19-17(20)12-14-18-13-11-16-9-6-5-7-10-16/h5-7,9-10,15,18H,3-4,8,11-14H2,1-2H3,(H,19,20)/t15-/m1/s1. The van der Waals surface area contributed by atoms with E-state index in [9.17, 15) is 4.79 Å². The second-order valence-corrected chi connectivity index (χ2v) is 5.35. The van der Waals surface area contributed by atoms with E-state index >= 15 is 0 Å². The first-order chi connectivity index (χ1) is 9.72. The van der Waals surface area contributed by atoms with Gasteiger partial charge in [-0.2, -0.15) is 0 Å². The van der Waals surface area contributed by atoms with Gasteiger partial charge >= 0.3 is 0 Å². The van der Waals surface area contributed by atoms with Crippen molar-refractivity contribution in [2.24, 2.45) is 0 Å². The maximum absolute atomic E-state index is 11.7. The van der Waals surface area contributed by atoms with Crippen LogP contribution in [-0.2, 0) is 11.2 Å². The van der Waals surface area contributed by atoms with Gasteiger partial charge in [0.05, 0.1) is 0 Å². The summed E-state index contributed by atoms with van der Waals surface area (Å²) in [7, 11) is 0. The summed E-state index contributed by atoms with van der Waals surface area (Å²) in [5.41, 5.74) is 1.33. The number of hydrogen-bond acceptors (Lipinski definition) is 2. The van der Waals surface area contributed by atoms with E-state index in [1.54, 1.807) is 0 Å². The largest absolute Gasteiger partial charge is 0.354 e. The van der Waals surface area contributed by atoms with Crippen molar-refractivity contribution >= 4 is 5.91 Å². The molecule has 1 aromatic carbocycles. The molecule has 1 amide bonds. The maximum Gasteiger partial charge on any atom is 0.221 e. The van der Waals surface area contributed by atoms with Gasteiger partial charge in [-0.15, -0.1) is 0 Å². The van der Waals surface area contributed by atoms with Crippen LogP contribution < -0.4 is 10.6 Å². The average Bonchev–Trinajstić information content (AvgIpc) is 2.46. The van der Waals surface area contributed by atoms with E-state index in [0.717, 1.165) is 25.9 Å². The fourth-order valence-corrected chi connectivity index (χ4v) is 2.13. The molecule has 0 unspecified atom stereocenters. The second-order valence-electron chi connectivity index (χ2n) is 5.35. The van der Waals surface area contributed by atoms with Gasteiger partial charge in [-0.05, 0) is 31.9 Å². The fraction of sp³-hybridized carbons (Fsp3) is 0.588. The van der Waals surface area contributed by atoms with Gasteiger partial charge in [0.2, 0.25) is 5.91 Å². The van der Waals surface area contributed by atoms with Gasteiger partial charge in [0.1, 0.15) is 0 Å². The molecule has 0 saturated carbocycles. The highest BCUT2D eigenvalue weighted by atomic mass is 16.1. The van der Waals surface area contributed by atoms with Crippen LogP contribution in [0.4, 0.5) is 0 Å². The van der Waals surface area contributed by atoms with Crippen LogP contribution in [0.5, 0.6) is 0 Å². The van der Waals surface area contributed by atoms with Crippen LogP contribution in [0.15, 0.2) is 30.3 Å². The maximum atomic E-state index is 11.7. The third-order valence-corrected chi connectivity index (χ3v) is 3.36. The van der Waals surface area contributed by atoms with Gasteiger partial charge in [-0.1, -0.05) is 50.1 Å². The number of carbonyl (C=O) groups is 1. The predicted octanol–water partition coefficient (Wildman–Crippen LogP) is 2.90. The van der Waals surface area contributed by atoms with E-state index in [1.807, 2.05) is 6.07 Å². The molecule has 0 aliphatic rings. The molecule has 1 atom stereocenters. The third kappa shape index (κ3) is 7.95. The van der Waals surface area contributed by atoms with Crippen molar-refractivity contribution in [1.82, 2.24) is 10.6 Å². The number of benzene rings is 1. The lowest BCUT2D eigenvalue weighted by Crippen LogP contribution is -2.34. The molecular formula is C17H28N2O. The van der Waals surface area contributed by atoms with Crippen molar-refractivity contribution in [2.45, 2.75) is 52.0 Å². The van der Waals surface area contributed by atoms with Crippen LogP contribution in [0, 0.1) is 0 Å². The van der Waals surface area contributed by atoms with Crippen LogP contribution in [0.3, 0.4) is 0 Å². The Labute approximate surface area is 123 Å². The molecule has 0 aromatic heterocycles. The molecule has 2 N–H and O–H groups in total. The zero-order valence-corrected chi connectivity index (χ0v) is 12.8. The van der Waals surface area contributed by atoms with Crippen LogP contribution in [0.25, 0.3) is 0 Å². The minimum Gasteiger partial charge on any atom is -0.354 e. The van der Waals surface area contributed by atoms with Gasteiger partial charge in [0.15, 0.2) is 0 Å². The molecule has 3 heteroatoms. The predicted molar refractivity (Wildman–Crippen MR) is 84.8 cm³/mol. The van der Waals surface area contributed by atoms with Crippen LogP contribution in [-0.4, -0.2) is 25.0 Å². The molecule has 0 radical (unpaired) electrons. The quantitative estimate of drug-likeness (QED) is 0.645. The van der Waals surface area contributed by atoms with Crippen molar-refractivity contribution in [2.75, 3.05) is 13.1 Å². The highest BCUT2D eigenvalue weighted by molar-refractivity contribution is 5.76. The summed E-state index contributed by atoms with van der Waals surface area (Å²) in [4.78, 5) is 11.7. The van der Waals surface area contributed by atoms with E-state index < -0.39 is 0 Å². The number of carbonyl (C=O) groups excluding carboxylic acids is 1. The molecule has 112 valence electrons. The number of rotatable bonds is 10. The second kappa shape index (κ2) is 10.4. The SMILES string of the molecule is CCCC[C@@H](C)NC(=O)CCNCCc1ccccc1. The number of nitrogens with one attached hydrogen (secondary N) is 2. The summed E-state index contributed by atoms with van der Waals surface area (Å²) in [5.74, 6) is 0.154. The van der Waals surface area contributed by atoms with Crippen molar-refractivity contribution in [3.8, 4) is 0 Å². The van der Waals surface area contributed by atoms with Crippen LogP contribution >= 0.6 is 0 Å². The lowest BCUT2D eigenvalue weighted by molar-refractivity contribution is -0.121. The van der Waals surface area contributed by atoms with Gasteiger partial charge < -0.3 is 10.6 Å². The summed E-state index contributed by atoms with van der Waals surface area (Å²) in [6, 6.07) is 10.7. The van der Waals surface area contributed by atoms with Crippen molar-refractivity contribution in [1.29, 1.82) is 0 Å². The van der Waals surface area contributed by atoms with Gasteiger partial charge in [0, 0.05) is 19.0 Å². The first-order valence-corrected chi connectivity index (χ1v) is 7.76. The molecule has 3 nitrogen and oxygen atoms in total. The molecule has 1 rings (SSSR count). The summed E-state index contributed by atoms with van der Waals surface area (Å²) < 4.78 is 0. The molecule has 0 aliphatic carbocycles. The Bertz CT molecular complexity index is 365. The Balaban J connectivity index is 2.02. The van der Waals surface area contributed by atoms with Crippen LogP contribution in [0.1, 0.15) is 45.1 Å². The summed E-state index contributed by atoms with van der Waals surface area (Å²) in [6.45, 7) is 5.92. The van der Waals surface area contributed by atoms with Gasteiger partial charge in [-0.25, -0.2) is 0 Å². The minimum atomic E-state index is 0.154. The molecule has 0 heterocycles. The topological polar surface area (TPSA) is 41.1 Å². The number of hydrogen-bond donors (Lipinski definition) is 2. The molecule has 0 fully saturated rings. The lowest BCUT2D eigenvalue weighted by atomic mass is 10.1. The van der Waals surface area contributed by atoms with E-state index in [4.69, 9.17) is 0 Å². The summed E-state index contributed by atoms with van der Waals surface area (Å²) in [6.07, 6.45) is 5.00. The zero-order chi connectivity index (χ0) is 14.6. The molecule has 0 bridgehead atoms. The Morgan fingerprint density at radius 1 is 1.20 bits per heavy atom. The summed E-state index contributed by atoms with van der Waals surface area (Å²) in [5, 5.41) is 6.36. The highest BCUT2D eigenvalue weighted by Crippen LogP contribution is 2.00. The van der Waals surface area contributed by atoms with Gasteiger partial charge in [-0.3, -0.25) is 4.79 Å². The number of unbranched alkanes of at least 4 members (excludes halogenated alkanes) is 1. The Morgan fingerprint density at radius 2 is 1.95 bits per heavy atom. The smallest absolute Gasteiger partial charge is 0.221 e. The van der Waals surface area contributed by atoms with E-state index in [2.05, 4.69) is 48.7 Å². The van der Waals surface area contributed by atoms with Crippen molar-refractivity contribution in [3.63, 3.8) is 0 Å². The van der Waals surface area contributed by atoms with Crippen molar-refractivity contribution < 1.29 is 4.79 Å². The summed E-state index contributed by atoms with van der Waals surface area (Å²) >= 11 is 0. The first kappa shape index (κ1) is 16.7. The molecular weight excluding hydrogens is 248 g/mol. The zero-order valence-electron chi connectivity index (χ0n) is 12.8. The number of amides is 1. The minimum absolute atomic E-state index is 0.154. The molecule has 0 saturated heterocycles. The van der Waals surface area contributed by atoms with E-state index in [-0.39, 0.29) is 5.91 Å². The van der Waals surface area contributed by atoms with Gasteiger partial charge in [0.25, 0.3) is 0 Å². The van der Waals surface area contributed by atoms with Crippen molar-refractivity contribution in [3.05, 3.63) is 35.9 Å². The highest BCUT2D eigenvalue weighted by Gasteiger charge is 2.06. The Hall–Kier alpha value is -1.35. The Kier molecular flexibility index (Phi) is 8.72. The molecule has 0 aliphatic heterocycles. The molecule has 20 heavy (non-hydrogen) atoms. The van der Waals surface area contributed by atoms with Crippen LogP contribution in [0.2, 0.25) is 0 Å².